The highest BCUT2D eigenvalue weighted by Gasteiger charge is 2.42. The van der Waals surface area contributed by atoms with E-state index in [0.29, 0.717) is 26.0 Å². The fourth-order valence-corrected chi connectivity index (χ4v) is 2.41. The summed E-state index contributed by atoms with van der Waals surface area (Å²) in [5, 5.41) is 12.7. The van der Waals surface area contributed by atoms with Gasteiger partial charge in [-0.15, -0.1) is 0 Å². The van der Waals surface area contributed by atoms with Gasteiger partial charge in [0.25, 0.3) is 0 Å². The molecular formula is C13H26N2O3. The number of carboxylic acid groups (broad SMARTS) is 1. The molecule has 1 aliphatic heterocycles. The molecule has 0 amide bonds. The van der Waals surface area contributed by atoms with Crippen LogP contribution in [-0.4, -0.2) is 61.4 Å². The number of aliphatic carboxylic acids is 1. The van der Waals surface area contributed by atoms with Gasteiger partial charge in [-0.1, -0.05) is 13.3 Å². The Morgan fingerprint density at radius 1 is 1.56 bits per heavy atom. The van der Waals surface area contributed by atoms with Crippen LogP contribution in [0.25, 0.3) is 0 Å². The molecule has 0 saturated carbocycles. The quantitative estimate of drug-likeness (QED) is 0.711. The Hall–Kier alpha value is -0.650. The van der Waals surface area contributed by atoms with E-state index in [2.05, 4.69) is 12.2 Å². The van der Waals surface area contributed by atoms with Crippen LogP contribution in [0.4, 0.5) is 0 Å². The van der Waals surface area contributed by atoms with Crippen LogP contribution in [-0.2, 0) is 9.53 Å². The molecule has 2 N–H and O–H groups in total. The average molecular weight is 258 g/mol. The summed E-state index contributed by atoms with van der Waals surface area (Å²) >= 11 is 0. The standard InChI is InChI=1S/C13H26N2O3/c1-4-5-11-10-13(12(16)17,6-9-18-11)14-7-8-15(2)3/h11,14H,4-10H2,1-3H3,(H,16,17). The lowest BCUT2D eigenvalue weighted by Crippen LogP contribution is -2.58. The summed E-state index contributed by atoms with van der Waals surface area (Å²) in [5.74, 6) is -0.745. The number of likely N-dealkylation sites (N-methyl/N-ethyl adjacent to an activating group) is 1. The number of nitrogens with zero attached hydrogens (tertiary/aromatic N) is 1. The molecule has 0 radical (unpaired) electrons. The van der Waals surface area contributed by atoms with Crippen LogP contribution < -0.4 is 5.32 Å². The third-order valence-electron chi connectivity index (χ3n) is 3.50. The van der Waals surface area contributed by atoms with Crippen molar-refractivity contribution in [1.82, 2.24) is 10.2 Å². The van der Waals surface area contributed by atoms with Crippen molar-refractivity contribution in [2.75, 3.05) is 33.8 Å². The molecule has 18 heavy (non-hydrogen) atoms. The fraction of sp³-hybridized carbons (Fsp3) is 0.923. The highest BCUT2D eigenvalue weighted by Crippen LogP contribution is 2.27. The number of hydrogen-bond donors (Lipinski definition) is 2. The molecule has 0 aromatic carbocycles. The Balaban J connectivity index is 2.58. The second kappa shape index (κ2) is 7.07. The van der Waals surface area contributed by atoms with Crippen molar-refractivity contribution in [2.45, 2.75) is 44.2 Å². The number of ether oxygens (including phenoxy) is 1. The van der Waals surface area contributed by atoms with Crippen LogP contribution in [0.3, 0.4) is 0 Å². The van der Waals surface area contributed by atoms with E-state index in [1.165, 1.54) is 0 Å². The van der Waals surface area contributed by atoms with Gasteiger partial charge in [-0.05, 0) is 26.9 Å². The predicted molar refractivity (Wildman–Crippen MR) is 70.8 cm³/mol. The minimum absolute atomic E-state index is 0.0757. The summed E-state index contributed by atoms with van der Waals surface area (Å²) in [6.07, 6.45) is 3.16. The van der Waals surface area contributed by atoms with Gasteiger partial charge in [0.2, 0.25) is 0 Å². The largest absolute Gasteiger partial charge is 0.480 e. The lowest BCUT2D eigenvalue weighted by Gasteiger charge is -2.38. The van der Waals surface area contributed by atoms with Gasteiger partial charge in [-0.2, -0.15) is 0 Å². The molecule has 0 aliphatic carbocycles. The second-order valence-corrected chi connectivity index (χ2v) is 5.35. The molecule has 1 heterocycles. The molecule has 1 rings (SSSR count). The predicted octanol–water partition coefficient (Wildman–Crippen LogP) is 0.940. The van der Waals surface area contributed by atoms with Crippen LogP contribution in [0.2, 0.25) is 0 Å². The van der Waals surface area contributed by atoms with Gasteiger partial charge in [0, 0.05) is 26.1 Å². The molecule has 2 atom stereocenters. The zero-order chi connectivity index (χ0) is 13.6. The first-order valence-electron chi connectivity index (χ1n) is 6.75. The Bertz CT molecular complexity index is 269. The molecule has 0 spiro atoms. The maximum absolute atomic E-state index is 11.6. The Kier molecular flexibility index (Phi) is 6.05. The number of hydrogen-bond acceptors (Lipinski definition) is 4. The molecule has 0 bridgehead atoms. The van der Waals surface area contributed by atoms with Gasteiger partial charge >= 0.3 is 5.97 Å². The minimum Gasteiger partial charge on any atom is -0.480 e. The van der Waals surface area contributed by atoms with Crippen molar-refractivity contribution in [3.05, 3.63) is 0 Å². The van der Waals surface area contributed by atoms with Crippen molar-refractivity contribution >= 4 is 5.97 Å². The number of nitrogens with one attached hydrogen (secondary N) is 1. The molecule has 2 unspecified atom stereocenters. The molecule has 106 valence electrons. The summed E-state index contributed by atoms with van der Waals surface area (Å²) in [7, 11) is 3.97. The fourth-order valence-electron chi connectivity index (χ4n) is 2.41. The highest BCUT2D eigenvalue weighted by molar-refractivity contribution is 5.79. The van der Waals surface area contributed by atoms with Crippen molar-refractivity contribution in [3.63, 3.8) is 0 Å². The maximum Gasteiger partial charge on any atom is 0.324 e. The first-order valence-corrected chi connectivity index (χ1v) is 6.75. The van der Waals surface area contributed by atoms with Crippen molar-refractivity contribution < 1.29 is 14.6 Å². The summed E-state index contributed by atoms with van der Waals surface area (Å²) in [5.41, 5.74) is -0.798. The molecule has 0 aromatic heterocycles. The first-order chi connectivity index (χ1) is 8.50. The van der Waals surface area contributed by atoms with Crippen LogP contribution in [0.15, 0.2) is 0 Å². The van der Waals surface area contributed by atoms with Gasteiger partial charge < -0.3 is 20.1 Å². The third kappa shape index (κ3) is 4.23. The van der Waals surface area contributed by atoms with E-state index in [1.54, 1.807) is 0 Å². The molecule has 5 nitrogen and oxygen atoms in total. The van der Waals surface area contributed by atoms with E-state index in [1.807, 2.05) is 19.0 Å². The minimum atomic E-state index is -0.798. The molecule has 1 fully saturated rings. The monoisotopic (exact) mass is 258 g/mol. The average Bonchev–Trinajstić information content (AvgIpc) is 2.29. The van der Waals surface area contributed by atoms with Gasteiger partial charge in [0.15, 0.2) is 0 Å². The zero-order valence-corrected chi connectivity index (χ0v) is 11.7. The van der Waals surface area contributed by atoms with E-state index in [-0.39, 0.29) is 6.10 Å². The molecule has 1 aliphatic rings. The lowest BCUT2D eigenvalue weighted by atomic mass is 9.85. The highest BCUT2D eigenvalue weighted by atomic mass is 16.5. The summed E-state index contributed by atoms with van der Waals surface area (Å²) in [6.45, 7) is 4.16. The van der Waals surface area contributed by atoms with Crippen LogP contribution in [0, 0.1) is 0 Å². The molecule has 1 saturated heterocycles. The zero-order valence-electron chi connectivity index (χ0n) is 11.7. The van der Waals surface area contributed by atoms with E-state index < -0.39 is 11.5 Å². The van der Waals surface area contributed by atoms with Crippen molar-refractivity contribution in [1.29, 1.82) is 0 Å². The van der Waals surface area contributed by atoms with Crippen LogP contribution in [0.1, 0.15) is 32.6 Å². The normalized spacial score (nSPS) is 28.6. The molecule has 0 aromatic rings. The van der Waals surface area contributed by atoms with Crippen LogP contribution in [0.5, 0.6) is 0 Å². The molecular weight excluding hydrogens is 232 g/mol. The maximum atomic E-state index is 11.6. The topological polar surface area (TPSA) is 61.8 Å². The van der Waals surface area contributed by atoms with Gasteiger partial charge in [-0.3, -0.25) is 4.79 Å². The number of rotatable bonds is 7. The summed E-state index contributed by atoms with van der Waals surface area (Å²) in [6, 6.07) is 0. The van der Waals surface area contributed by atoms with Crippen LogP contribution >= 0.6 is 0 Å². The van der Waals surface area contributed by atoms with Gasteiger partial charge in [0.1, 0.15) is 5.54 Å². The van der Waals surface area contributed by atoms with Crippen molar-refractivity contribution in [3.8, 4) is 0 Å². The number of carboxylic acids is 1. The Labute approximate surface area is 109 Å². The number of carbonyl (C=O) groups is 1. The first kappa shape index (κ1) is 15.4. The summed E-state index contributed by atoms with van der Waals surface area (Å²) < 4.78 is 5.64. The van der Waals surface area contributed by atoms with Gasteiger partial charge in [-0.25, -0.2) is 0 Å². The Morgan fingerprint density at radius 2 is 2.28 bits per heavy atom. The second-order valence-electron chi connectivity index (χ2n) is 5.35. The van der Waals surface area contributed by atoms with Gasteiger partial charge in [0.05, 0.1) is 6.10 Å². The summed E-state index contributed by atoms with van der Waals surface area (Å²) in [4.78, 5) is 13.6. The molecule has 5 heteroatoms. The van der Waals surface area contributed by atoms with E-state index in [4.69, 9.17) is 4.74 Å². The lowest BCUT2D eigenvalue weighted by molar-refractivity contribution is -0.152. The van der Waals surface area contributed by atoms with E-state index >= 15 is 0 Å². The van der Waals surface area contributed by atoms with Crippen molar-refractivity contribution in [2.24, 2.45) is 0 Å². The van der Waals surface area contributed by atoms with E-state index in [9.17, 15) is 9.90 Å². The SMILES string of the molecule is CCCC1CC(NCCN(C)C)(C(=O)O)CCO1. The van der Waals surface area contributed by atoms with E-state index in [0.717, 1.165) is 19.4 Å². The Morgan fingerprint density at radius 3 is 2.83 bits per heavy atom. The third-order valence-corrected chi connectivity index (χ3v) is 3.50. The smallest absolute Gasteiger partial charge is 0.324 e.